The number of rotatable bonds is 1. The molecule has 1 aromatic rings. The molecule has 0 unspecified atom stereocenters. The molecule has 0 spiro atoms. The van der Waals surface area contributed by atoms with E-state index in [4.69, 9.17) is 15.3 Å². The van der Waals surface area contributed by atoms with Crippen molar-refractivity contribution in [3.63, 3.8) is 0 Å². The Morgan fingerprint density at radius 2 is 2.00 bits per heavy atom. The van der Waals surface area contributed by atoms with Gasteiger partial charge in [0, 0.05) is 12.4 Å². The van der Waals surface area contributed by atoms with Crippen molar-refractivity contribution in [3.8, 4) is 0 Å². The molecule has 0 radical (unpaired) electrons. The third-order valence-electron chi connectivity index (χ3n) is 0.812. The number of aromatic nitrogens is 2. The van der Waals surface area contributed by atoms with Crippen LogP contribution >= 0.6 is 0 Å². The van der Waals surface area contributed by atoms with Crippen LogP contribution in [0.25, 0.3) is 0 Å². The van der Waals surface area contributed by atoms with Crippen molar-refractivity contribution in [2.75, 3.05) is 0 Å². The maximum atomic E-state index is 8.39. The smallest absolute Gasteiger partial charge is 0.324 e. The molecule has 0 aromatic carbocycles. The summed E-state index contributed by atoms with van der Waals surface area (Å²) >= 11 is 0. The minimum atomic E-state index is -2.87. The Morgan fingerprint density at radius 3 is 2.22 bits per heavy atom. The van der Waals surface area contributed by atoms with Crippen LogP contribution in [0, 0.1) is 0 Å². The summed E-state index contributed by atoms with van der Waals surface area (Å²) in [7, 11) is 0. The topological polar surface area (TPSA) is 78.5 Å². The molecule has 0 amide bonds. The third-order valence-corrected chi connectivity index (χ3v) is 0.812. The predicted octanol–water partition coefficient (Wildman–Crippen LogP) is -1.57. The average molecular weight is 130 g/mol. The highest BCUT2D eigenvalue weighted by Crippen LogP contribution is 1.98. The van der Waals surface area contributed by atoms with Gasteiger partial charge in [0.15, 0.2) is 0 Å². The molecule has 0 aliphatic carbocycles. The fraction of sp³-hybridized carbons (Fsp3) is 0.250. The first-order chi connectivity index (χ1) is 4.11. The van der Waals surface area contributed by atoms with E-state index in [9.17, 15) is 0 Å². The van der Waals surface area contributed by atoms with E-state index in [2.05, 4.69) is 5.10 Å². The monoisotopic (exact) mass is 130 g/mol. The van der Waals surface area contributed by atoms with Crippen LogP contribution in [0.15, 0.2) is 18.5 Å². The number of hydrogen-bond acceptors (Lipinski definition) is 4. The van der Waals surface area contributed by atoms with Gasteiger partial charge >= 0.3 is 6.10 Å². The Morgan fingerprint density at radius 1 is 1.33 bits per heavy atom. The van der Waals surface area contributed by atoms with Crippen molar-refractivity contribution in [2.24, 2.45) is 0 Å². The van der Waals surface area contributed by atoms with Crippen molar-refractivity contribution in [1.29, 1.82) is 0 Å². The largest absolute Gasteiger partial charge is 0.389 e. The fourth-order valence-corrected chi connectivity index (χ4v) is 0.446. The molecule has 0 aliphatic rings. The molecule has 0 atom stereocenters. The molecule has 0 saturated carbocycles. The Bertz CT molecular complexity index is 176. The van der Waals surface area contributed by atoms with Crippen LogP contribution in [-0.2, 0) is 6.10 Å². The number of hydrogen-bond donors (Lipinski definition) is 3. The van der Waals surface area contributed by atoms with Gasteiger partial charge in [0.25, 0.3) is 0 Å². The van der Waals surface area contributed by atoms with E-state index < -0.39 is 6.10 Å². The van der Waals surface area contributed by atoms with Gasteiger partial charge in [0.2, 0.25) is 0 Å². The van der Waals surface area contributed by atoms with E-state index in [1.165, 1.54) is 18.5 Å². The highest BCUT2D eigenvalue weighted by molar-refractivity contribution is 4.78. The third kappa shape index (κ3) is 1.26. The molecule has 0 bridgehead atoms. The summed E-state index contributed by atoms with van der Waals surface area (Å²) < 4.78 is 0.604. The lowest BCUT2D eigenvalue weighted by Gasteiger charge is -2.12. The van der Waals surface area contributed by atoms with Gasteiger partial charge in [-0.1, -0.05) is 0 Å². The van der Waals surface area contributed by atoms with E-state index in [0.29, 0.717) is 4.68 Å². The summed E-state index contributed by atoms with van der Waals surface area (Å²) in [6.45, 7) is 0. The van der Waals surface area contributed by atoms with E-state index >= 15 is 0 Å². The summed E-state index contributed by atoms with van der Waals surface area (Å²) in [4.78, 5) is 0. The zero-order valence-electron chi connectivity index (χ0n) is 4.47. The van der Waals surface area contributed by atoms with Crippen molar-refractivity contribution >= 4 is 0 Å². The van der Waals surface area contributed by atoms with Crippen molar-refractivity contribution in [1.82, 2.24) is 9.78 Å². The summed E-state index contributed by atoms with van der Waals surface area (Å²) in [5.41, 5.74) is 0. The summed E-state index contributed by atoms with van der Waals surface area (Å²) in [6.07, 6.45) is -0.332. The van der Waals surface area contributed by atoms with Crippen molar-refractivity contribution in [2.45, 2.75) is 6.10 Å². The number of nitrogens with zero attached hydrogens (tertiary/aromatic N) is 2. The highest BCUT2D eigenvalue weighted by Gasteiger charge is 2.20. The Kier molecular flexibility index (Phi) is 1.24. The second-order valence-electron chi connectivity index (χ2n) is 1.55. The average Bonchev–Trinajstić information content (AvgIpc) is 2.08. The summed E-state index contributed by atoms with van der Waals surface area (Å²) in [5.74, 6) is 0. The minimum absolute atomic E-state index is 0.604. The molecule has 5 heteroatoms. The standard InChI is InChI=1S/C4H6N2O3/c7-4(8,9)6-3-1-2-5-6/h1-3,7-9H. The predicted molar refractivity (Wildman–Crippen MR) is 26.9 cm³/mol. The molecule has 3 N–H and O–H groups in total. The van der Waals surface area contributed by atoms with E-state index in [0.717, 1.165) is 0 Å². The first-order valence-electron chi connectivity index (χ1n) is 2.28. The Balaban J connectivity index is 2.90. The fourth-order valence-electron chi connectivity index (χ4n) is 0.446. The normalized spacial score (nSPS) is 11.9. The van der Waals surface area contributed by atoms with E-state index in [1.807, 2.05) is 0 Å². The van der Waals surface area contributed by atoms with Gasteiger partial charge in [0.05, 0.1) is 0 Å². The lowest BCUT2D eigenvalue weighted by atomic mass is 10.7. The molecular weight excluding hydrogens is 124 g/mol. The summed E-state index contributed by atoms with van der Waals surface area (Å²) in [6, 6.07) is 1.46. The van der Waals surface area contributed by atoms with Gasteiger partial charge in [0.1, 0.15) is 0 Å². The zero-order chi connectivity index (χ0) is 6.91. The van der Waals surface area contributed by atoms with Gasteiger partial charge in [-0.25, -0.2) is 0 Å². The van der Waals surface area contributed by atoms with Crippen molar-refractivity contribution < 1.29 is 15.3 Å². The van der Waals surface area contributed by atoms with Crippen LogP contribution in [0.3, 0.4) is 0 Å². The quantitative estimate of drug-likeness (QED) is 0.401. The lowest BCUT2D eigenvalue weighted by Crippen LogP contribution is -2.32. The second-order valence-corrected chi connectivity index (χ2v) is 1.55. The molecule has 1 rings (SSSR count). The van der Waals surface area contributed by atoms with Crippen molar-refractivity contribution in [3.05, 3.63) is 18.5 Å². The SMILES string of the molecule is OC(O)(O)n1cccn1. The van der Waals surface area contributed by atoms with Gasteiger partial charge < -0.3 is 15.3 Å². The van der Waals surface area contributed by atoms with Crippen LogP contribution < -0.4 is 0 Å². The van der Waals surface area contributed by atoms with E-state index in [1.54, 1.807) is 0 Å². The van der Waals surface area contributed by atoms with Crippen LogP contribution in [0.2, 0.25) is 0 Å². The first-order valence-corrected chi connectivity index (χ1v) is 2.28. The Labute approximate surface area is 50.8 Å². The molecule has 50 valence electrons. The van der Waals surface area contributed by atoms with Crippen LogP contribution in [0.1, 0.15) is 0 Å². The first kappa shape index (κ1) is 6.21. The lowest BCUT2D eigenvalue weighted by molar-refractivity contribution is -0.380. The van der Waals surface area contributed by atoms with Gasteiger partial charge in [-0.3, -0.25) is 0 Å². The maximum Gasteiger partial charge on any atom is 0.389 e. The molecule has 1 heterocycles. The Hall–Kier alpha value is -0.910. The van der Waals surface area contributed by atoms with Crippen LogP contribution in [-0.4, -0.2) is 25.1 Å². The second kappa shape index (κ2) is 1.80. The maximum absolute atomic E-state index is 8.39. The minimum Gasteiger partial charge on any atom is -0.324 e. The van der Waals surface area contributed by atoms with Gasteiger partial charge in [-0.2, -0.15) is 9.78 Å². The summed E-state index contributed by atoms with van der Waals surface area (Å²) in [5, 5.41) is 28.5. The molecule has 0 aliphatic heterocycles. The molecule has 1 aromatic heterocycles. The highest BCUT2D eigenvalue weighted by atomic mass is 16.7. The molecule has 9 heavy (non-hydrogen) atoms. The zero-order valence-corrected chi connectivity index (χ0v) is 4.47. The van der Waals surface area contributed by atoms with E-state index in [-0.39, 0.29) is 0 Å². The number of aliphatic hydroxyl groups is 3. The van der Waals surface area contributed by atoms with Gasteiger partial charge in [-0.15, -0.1) is 0 Å². The molecular formula is C4H6N2O3. The molecule has 0 saturated heterocycles. The van der Waals surface area contributed by atoms with Crippen LogP contribution in [0.5, 0.6) is 0 Å². The molecule has 5 nitrogen and oxygen atoms in total. The molecule has 0 fully saturated rings. The van der Waals surface area contributed by atoms with Gasteiger partial charge in [-0.05, 0) is 6.07 Å². The van der Waals surface area contributed by atoms with Crippen LogP contribution in [0.4, 0.5) is 0 Å².